The normalized spacial score (nSPS) is 15.8. The van der Waals surface area contributed by atoms with Crippen molar-refractivity contribution in [2.75, 3.05) is 13.1 Å². The van der Waals surface area contributed by atoms with Gasteiger partial charge in [-0.1, -0.05) is 12.8 Å². The van der Waals surface area contributed by atoms with Gasteiger partial charge in [-0.05, 0) is 32.8 Å². The van der Waals surface area contributed by atoms with Crippen molar-refractivity contribution in [3.63, 3.8) is 0 Å². The van der Waals surface area contributed by atoms with E-state index >= 15 is 0 Å². The Labute approximate surface area is 135 Å². The maximum Gasteiger partial charge on any atom is 0.277 e. The summed E-state index contributed by atoms with van der Waals surface area (Å²) in [6.45, 7) is 6.24. The molecule has 0 aromatic carbocycles. The number of carbonyl (C=O) groups is 1. The van der Waals surface area contributed by atoms with Gasteiger partial charge < -0.3 is 9.47 Å². The molecule has 0 unspecified atom stereocenters. The molecule has 124 valence electrons. The van der Waals surface area contributed by atoms with Crippen LogP contribution in [-0.4, -0.2) is 38.2 Å². The summed E-state index contributed by atoms with van der Waals surface area (Å²) in [6, 6.07) is 1.89. The largest absolute Gasteiger partial charge is 0.341 e. The first-order chi connectivity index (χ1) is 11.1. The summed E-state index contributed by atoms with van der Waals surface area (Å²) in [6.07, 6.45) is 6.20. The second kappa shape index (κ2) is 6.56. The number of rotatable bonds is 3. The molecule has 6 nitrogen and oxygen atoms in total. The van der Waals surface area contributed by atoms with Gasteiger partial charge in [-0.25, -0.2) is 0 Å². The molecule has 0 spiro atoms. The van der Waals surface area contributed by atoms with Crippen molar-refractivity contribution in [1.29, 1.82) is 0 Å². The Kier molecular flexibility index (Phi) is 4.50. The Morgan fingerprint density at radius 1 is 1.22 bits per heavy atom. The van der Waals surface area contributed by atoms with Crippen LogP contribution in [0.15, 0.2) is 17.1 Å². The predicted octanol–water partition coefficient (Wildman–Crippen LogP) is 1.93. The number of amides is 1. The van der Waals surface area contributed by atoms with E-state index in [1.54, 1.807) is 10.9 Å². The summed E-state index contributed by atoms with van der Waals surface area (Å²) in [7, 11) is 0. The van der Waals surface area contributed by atoms with Crippen molar-refractivity contribution in [3.8, 4) is 0 Å². The van der Waals surface area contributed by atoms with Crippen molar-refractivity contribution in [2.45, 2.75) is 52.6 Å². The molecule has 0 bridgehead atoms. The Balaban J connectivity index is 1.89. The second-order valence-corrected chi connectivity index (χ2v) is 6.21. The molecular formula is C17H24N4O2. The van der Waals surface area contributed by atoms with Crippen LogP contribution in [0, 0.1) is 6.92 Å². The van der Waals surface area contributed by atoms with Gasteiger partial charge in [0.05, 0.1) is 5.69 Å². The van der Waals surface area contributed by atoms with Crippen molar-refractivity contribution in [3.05, 3.63) is 28.3 Å². The van der Waals surface area contributed by atoms with E-state index in [4.69, 9.17) is 0 Å². The quantitative estimate of drug-likeness (QED) is 0.869. The highest BCUT2D eigenvalue weighted by Gasteiger charge is 2.18. The van der Waals surface area contributed by atoms with Crippen LogP contribution in [0.4, 0.5) is 0 Å². The lowest BCUT2D eigenvalue weighted by Crippen LogP contribution is -2.37. The van der Waals surface area contributed by atoms with Gasteiger partial charge in [0.15, 0.2) is 0 Å². The third-order valence-electron chi connectivity index (χ3n) is 4.62. The fourth-order valence-corrected chi connectivity index (χ4v) is 3.31. The van der Waals surface area contributed by atoms with Gasteiger partial charge in [0, 0.05) is 31.2 Å². The van der Waals surface area contributed by atoms with E-state index in [2.05, 4.69) is 5.10 Å². The molecule has 3 rings (SSSR count). The molecule has 23 heavy (non-hydrogen) atoms. The molecule has 0 N–H and O–H groups in total. The smallest absolute Gasteiger partial charge is 0.277 e. The lowest BCUT2D eigenvalue weighted by Gasteiger charge is -2.20. The van der Waals surface area contributed by atoms with Crippen LogP contribution in [0.1, 0.15) is 38.3 Å². The average molecular weight is 316 g/mol. The summed E-state index contributed by atoms with van der Waals surface area (Å²) in [5, 5.41) is 5.27. The predicted molar refractivity (Wildman–Crippen MR) is 89.5 cm³/mol. The minimum atomic E-state index is -0.131. The molecule has 2 aromatic heterocycles. The molecule has 0 radical (unpaired) electrons. The number of nitrogens with zero attached hydrogens (tertiary/aromatic N) is 4. The molecule has 1 aliphatic heterocycles. The van der Waals surface area contributed by atoms with Gasteiger partial charge in [-0.2, -0.15) is 5.10 Å². The van der Waals surface area contributed by atoms with Crippen molar-refractivity contribution < 1.29 is 4.79 Å². The van der Waals surface area contributed by atoms with Crippen LogP contribution in [-0.2, 0) is 17.9 Å². The van der Waals surface area contributed by atoms with E-state index in [-0.39, 0.29) is 18.0 Å². The minimum absolute atomic E-state index is 0.0348. The van der Waals surface area contributed by atoms with E-state index < -0.39 is 0 Å². The molecule has 6 heteroatoms. The van der Waals surface area contributed by atoms with Crippen molar-refractivity contribution >= 4 is 16.8 Å². The third-order valence-corrected chi connectivity index (χ3v) is 4.62. The summed E-state index contributed by atoms with van der Waals surface area (Å²) in [5.74, 6) is 0.0348. The first kappa shape index (κ1) is 15.8. The maximum absolute atomic E-state index is 12.7. The lowest BCUT2D eigenvalue weighted by atomic mass is 10.2. The Hall–Kier alpha value is -2.11. The zero-order valence-corrected chi connectivity index (χ0v) is 13.9. The highest BCUT2D eigenvalue weighted by Crippen LogP contribution is 2.14. The van der Waals surface area contributed by atoms with Crippen molar-refractivity contribution in [2.24, 2.45) is 0 Å². The molecule has 1 aliphatic rings. The number of fused-ring (bicyclic) bond motifs is 1. The van der Waals surface area contributed by atoms with E-state index in [9.17, 15) is 9.59 Å². The number of hydrogen-bond acceptors (Lipinski definition) is 3. The topological polar surface area (TPSA) is 60.1 Å². The Morgan fingerprint density at radius 2 is 1.91 bits per heavy atom. The van der Waals surface area contributed by atoms with Crippen LogP contribution in [0.5, 0.6) is 0 Å². The number of pyridine rings is 1. The first-order valence-corrected chi connectivity index (χ1v) is 8.46. The summed E-state index contributed by atoms with van der Waals surface area (Å²) < 4.78 is 3.24. The number of aromatic nitrogens is 3. The van der Waals surface area contributed by atoms with Gasteiger partial charge in [0.2, 0.25) is 5.91 Å². The van der Waals surface area contributed by atoms with Crippen LogP contribution in [0.25, 0.3) is 10.9 Å². The third kappa shape index (κ3) is 3.02. The fourth-order valence-electron chi connectivity index (χ4n) is 3.31. The van der Waals surface area contributed by atoms with E-state index in [0.29, 0.717) is 12.1 Å². The SMILES string of the molecule is CCn1nc(C)c2ccn(CC(=O)N3CCCCCC3)c(=O)c21. The molecule has 2 aromatic rings. The first-order valence-electron chi connectivity index (χ1n) is 8.46. The molecule has 1 amide bonds. The molecule has 0 saturated carbocycles. The van der Waals surface area contributed by atoms with Crippen molar-refractivity contribution in [1.82, 2.24) is 19.2 Å². The zero-order chi connectivity index (χ0) is 16.4. The highest BCUT2D eigenvalue weighted by atomic mass is 16.2. The van der Waals surface area contributed by atoms with Crippen LogP contribution in [0.3, 0.4) is 0 Å². The zero-order valence-electron chi connectivity index (χ0n) is 13.9. The summed E-state index contributed by atoms with van der Waals surface area (Å²) in [4.78, 5) is 27.1. The molecule has 0 aliphatic carbocycles. The number of carbonyl (C=O) groups excluding carboxylic acids is 1. The molecule has 0 atom stereocenters. The van der Waals surface area contributed by atoms with Crippen LogP contribution in [0.2, 0.25) is 0 Å². The van der Waals surface area contributed by atoms with Gasteiger partial charge in [-0.15, -0.1) is 0 Å². The fraction of sp³-hybridized carbons (Fsp3) is 0.588. The molecular weight excluding hydrogens is 292 g/mol. The maximum atomic E-state index is 12.7. The Morgan fingerprint density at radius 3 is 2.57 bits per heavy atom. The van der Waals surface area contributed by atoms with Gasteiger partial charge >= 0.3 is 0 Å². The monoisotopic (exact) mass is 316 g/mol. The molecule has 1 fully saturated rings. The lowest BCUT2D eigenvalue weighted by molar-refractivity contribution is -0.131. The average Bonchev–Trinajstić information content (AvgIpc) is 2.73. The number of aryl methyl sites for hydroxylation is 2. The van der Waals surface area contributed by atoms with E-state index in [1.165, 1.54) is 17.4 Å². The Bertz CT molecular complexity index is 767. The standard InChI is InChI=1S/C17H24N4O2/c1-3-21-16-14(13(2)18-21)8-11-20(17(16)23)12-15(22)19-9-6-4-5-7-10-19/h8,11H,3-7,9-10,12H2,1-2H3. The van der Waals surface area contributed by atoms with Crippen LogP contribution >= 0.6 is 0 Å². The van der Waals surface area contributed by atoms with E-state index in [0.717, 1.165) is 37.0 Å². The van der Waals surface area contributed by atoms with Crippen LogP contribution < -0.4 is 5.56 Å². The highest BCUT2D eigenvalue weighted by molar-refractivity contribution is 5.81. The molecule has 3 heterocycles. The van der Waals surface area contributed by atoms with E-state index in [1.807, 2.05) is 24.8 Å². The van der Waals surface area contributed by atoms with Gasteiger partial charge in [-0.3, -0.25) is 14.3 Å². The summed E-state index contributed by atoms with van der Waals surface area (Å²) >= 11 is 0. The summed E-state index contributed by atoms with van der Waals surface area (Å²) in [5.41, 5.74) is 1.31. The van der Waals surface area contributed by atoms with Gasteiger partial charge in [0.25, 0.3) is 5.56 Å². The molecule has 1 saturated heterocycles. The second-order valence-electron chi connectivity index (χ2n) is 6.21. The van der Waals surface area contributed by atoms with Gasteiger partial charge in [0.1, 0.15) is 12.1 Å². The minimum Gasteiger partial charge on any atom is -0.341 e. The number of likely N-dealkylation sites (tertiary alicyclic amines) is 1. The number of hydrogen-bond donors (Lipinski definition) is 0.